The molecule has 0 aromatic rings. The molecule has 5 atom stereocenters. The quantitative estimate of drug-likeness (QED) is 0.298. The lowest BCUT2D eigenvalue weighted by atomic mass is 9.80. The summed E-state index contributed by atoms with van der Waals surface area (Å²) in [5.41, 5.74) is -1.37. The molecule has 0 amide bonds. The molecule has 1 saturated carbocycles. The lowest BCUT2D eigenvalue weighted by Crippen LogP contribution is -2.55. The number of hydrogen-bond acceptors (Lipinski definition) is 10. The fraction of sp³-hybridized carbons (Fsp3) is 0.778. The molecule has 10 nitrogen and oxygen atoms in total. The first-order chi connectivity index (χ1) is 17.2. The van der Waals surface area contributed by atoms with E-state index in [1.54, 1.807) is 0 Å². The van der Waals surface area contributed by atoms with E-state index in [1.807, 2.05) is 41.5 Å². The Morgan fingerprint density at radius 3 is 2.00 bits per heavy atom. The number of aliphatic hydroxyl groups is 1. The van der Waals surface area contributed by atoms with Gasteiger partial charge in [0.25, 0.3) is 0 Å². The molecule has 0 bridgehead atoms. The minimum Gasteiger partial charge on any atom is -0.462 e. The zero-order chi connectivity index (χ0) is 27.9. The predicted octanol–water partition coefficient (Wildman–Crippen LogP) is 3.29. The summed E-state index contributed by atoms with van der Waals surface area (Å²) in [7, 11) is 0. The molecule has 0 unspecified atom stereocenters. The van der Waals surface area contributed by atoms with Gasteiger partial charge in [0.05, 0.1) is 12.2 Å². The highest BCUT2D eigenvalue weighted by molar-refractivity contribution is 5.71. The van der Waals surface area contributed by atoms with Crippen molar-refractivity contribution in [1.82, 2.24) is 0 Å². The second-order valence-electron chi connectivity index (χ2n) is 11.3. The Labute approximate surface area is 219 Å². The highest BCUT2D eigenvalue weighted by Gasteiger charge is 2.63. The summed E-state index contributed by atoms with van der Waals surface area (Å²) in [6.07, 6.45) is -0.270. The summed E-state index contributed by atoms with van der Waals surface area (Å²) >= 11 is 0. The van der Waals surface area contributed by atoms with E-state index in [1.165, 1.54) is 13.2 Å². The van der Waals surface area contributed by atoms with Gasteiger partial charge in [0.2, 0.25) is 6.29 Å². The zero-order valence-electron chi connectivity index (χ0n) is 23.0. The zero-order valence-corrected chi connectivity index (χ0v) is 23.0. The topological polar surface area (TPSA) is 135 Å². The second kappa shape index (κ2) is 13.3. The molecule has 1 aliphatic carbocycles. The third-order valence-electron chi connectivity index (χ3n) is 6.30. The van der Waals surface area contributed by atoms with Crippen LogP contribution in [-0.4, -0.2) is 60.2 Å². The van der Waals surface area contributed by atoms with Gasteiger partial charge in [-0.1, -0.05) is 41.5 Å². The van der Waals surface area contributed by atoms with Gasteiger partial charge >= 0.3 is 23.9 Å². The van der Waals surface area contributed by atoms with Crippen molar-refractivity contribution in [2.24, 2.45) is 29.6 Å². The van der Waals surface area contributed by atoms with Crippen LogP contribution in [0.5, 0.6) is 0 Å². The van der Waals surface area contributed by atoms with Crippen molar-refractivity contribution in [3.63, 3.8) is 0 Å². The molecule has 0 aromatic carbocycles. The Bertz CT molecular complexity index is 861. The van der Waals surface area contributed by atoms with E-state index in [-0.39, 0.29) is 56.0 Å². The number of ether oxygens (including phenoxy) is 5. The van der Waals surface area contributed by atoms with Crippen molar-refractivity contribution in [3.05, 3.63) is 11.8 Å². The molecular weight excluding hydrogens is 484 g/mol. The molecule has 10 heteroatoms. The minimum absolute atomic E-state index is 0.0339. The van der Waals surface area contributed by atoms with Crippen molar-refractivity contribution in [3.8, 4) is 0 Å². The van der Waals surface area contributed by atoms with Crippen LogP contribution in [-0.2, 0) is 42.9 Å². The van der Waals surface area contributed by atoms with E-state index in [4.69, 9.17) is 23.7 Å². The van der Waals surface area contributed by atoms with Gasteiger partial charge in [0.15, 0.2) is 0 Å². The third kappa shape index (κ3) is 8.72. The number of esters is 4. The lowest BCUT2D eigenvalue weighted by molar-refractivity contribution is -0.225. The fourth-order valence-corrected chi connectivity index (χ4v) is 4.72. The van der Waals surface area contributed by atoms with Crippen molar-refractivity contribution in [2.45, 2.75) is 92.1 Å². The van der Waals surface area contributed by atoms with Gasteiger partial charge in [0, 0.05) is 37.7 Å². The van der Waals surface area contributed by atoms with E-state index < -0.39 is 54.3 Å². The van der Waals surface area contributed by atoms with E-state index in [0.717, 1.165) is 0 Å². The summed E-state index contributed by atoms with van der Waals surface area (Å²) in [5, 5.41) is 11.9. The van der Waals surface area contributed by atoms with Crippen molar-refractivity contribution in [1.29, 1.82) is 0 Å². The molecule has 1 heterocycles. The minimum atomic E-state index is -1.91. The first-order valence-electron chi connectivity index (χ1n) is 13.0. The molecule has 0 spiro atoms. The predicted molar refractivity (Wildman–Crippen MR) is 131 cm³/mol. The van der Waals surface area contributed by atoms with Gasteiger partial charge < -0.3 is 28.8 Å². The van der Waals surface area contributed by atoms with E-state index >= 15 is 0 Å². The van der Waals surface area contributed by atoms with Crippen LogP contribution >= 0.6 is 0 Å². The van der Waals surface area contributed by atoms with Crippen LogP contribution < -0.4 is 0 Å². The molecule has 2 aliphatic rings. The van der Waals surface area contributed by atoms with Gasteiger partial charge in [-0.25, -0.2) is 0 Å². The molecule has 37 heavy (non-hydrogen) atoms. The summed E-state index contributed by atoms with van der Waals surface area (Å²) in [5.74, 6) is -3.33. The Balaban J connectivity index is 2.37. The summed E-state index contributed by atoms with van der Waals surface area (Å²) in [6, 6.07) is 0. The first kappa shape index (κ1) is 30.6. The highest BCUT2D eigenvalue weighted by atomic mass is 16.7. The number of rotatable bonds is 12. The third-order valence-corrected chi connectivity index (χ3v) is 6.30. The molecule has 0 radical (unpaired) electrons. The smallest absolute Gasteiger partial charge is 0.309 e. The maximum absolute atomic E-state index is 12.5. The van der Waals surface area contributed by atoms with Crippen LogP contribution in [0.25, 0.3) is 0 Å². The summed E-state index contributed by atoms with van der Waals surface area (Å²) in [4.78, 5) is 48.9. The number of fused-ring (bicyclic) bond motifs is 1. The van der Waals surface area contributed by atoms with Gasteiger partial charge in [-0.3, -0.25) is 19.2 Å². The van der Waals surface area contributed by atoms with E-state index in [9.17, 15) is 24.3 Å². The van der Waals surface area contributed by atoms with Crippen LogP contribution in [0.2, 0.25) is 0 Å². The molecule has 210 valence electrons. The Morgan fingerprint density at radius 1 is 0.919 bits per heavy atom. The molecule has 1 fully saturated rings. The Kier molecular flexibility index (Phi) is 11.0. The summed E-state index contributed by atoms with van der Waals surface area (Å²) < 4.78 is 27.7. The number of carbonyl (C=O) groups excluding carboxylic acids is 4. The van der Waals surface area contributed by atoms with E-state index in [0.29, 0.717) is 5.57 Å². The van der Waals surface area contributed by atoms with Gasteiger partial charge in [-0.15, -0.1) is 0 Å². The molecular formula is C27H42O10. The maximum Gasteiger partial charge on any atom is 0.309 e. The van der Waals surface area contributed by atoms with Crippen LogP contribution in [0.1, 0.15) is 74.1 Å². The molecule has 0 saturated heterocycles. The molecule has 1 N–H and O–H groups in total. The largest absolute Gasteiger partial charge is 0.462 e. The van der Waals surface area contributed by atoms with Crippen LogP contribution in [0.15, 0.2) is 11.8 Å². The van der Waals surface area contributed by atoms with Crippen molar-refractivity contribution < 1.29 is 48.0 Å². The van der Waals surface area contributed by atoms with Crippen LogP contribution in [0, 0.1) is 29.6 Å². The van der Waals surface area contributed by atoms with Crippen LogP contribution in [0.3, 0.4) is 0 Å². The lowest BCUT2D eigenvalue weighted by Gasteiger charge is -2.40. The van der Waals surface area contributed by atoms with Crippen molar-refractivity contribution >= 4 is 23.9 Å². The maximum atomic E-state index is 12.5. The normalized spacial score (nSPS) is 26.8. The number of hydrogen-bond donors (Lipinski definition) is 1. The van der Waals surface area contributed by atoms with Gasteiger partial charge in [-0.05, 0) is 24.2 Å². The second-order valence-corrected chi connectivity index (χ2v) is 11.3. The molecule has 0 aromatic heterocycles. The van der Waals surface area contributed by atoms with Gasteiger partial charge in [-0.2, -0.15) is 0 Å². The van der Waals surface area contributed by atoms with E-state index in [2.05, 4.69) is 0 Å². The molecule has 1 aliphatic heterocycles. The average Bonchev–Trinajstić information content (AvgIpc) is 3.02. The Hall–Kier alpha value is -2.62. The van der Waals surface area contributed by atoms with Crippen LogP contribution in [0.4, 0.5) is 0 Å². The summed E-state index contributed by atoms with van der Waals surface area (Å²) in [6.45, 7) is 11.9. The SMILES string of the molecule is CC(=O)O[C@H]1C[C@@H]2C(COC(=O)CC(C)C)=CO[C@@H](OC(=O)CC(C)C)[C@@H]2[C@@]1(O)COC(=O)CC(C)C. The highest BCUT2D eigenvalue weighted by Crippen LogP contribution is 2.50. The standard InChI is InChI=1S/C27H42O10/c1-15(2)8-22(29)33-12-19-13-34-26(37-24(31)10-17(5)6)25-20(19)11-21(36-18(7)28)27(25,32)14-35-23(30)9-16(3)4/h13,15-17,20-21,25-26,32H,8-12,14H2,1-7H3/t20-,21+,25-,26+,27-/m1/s1. The Morgan fingerprint density at radius 2 is 1.46 bits per heavy atom. The van der Waals surface area contributed by atoms with Crippen molar-refractivity contribution in [2.75, 3.05) is 13.2 Å². The fourth-order valence-electron chi connectivity index (χ4n) is 4.72. The molecule has 2 rings (SSSR count). The first-order valence-corrected chi connectivity index (χ1v) is 13.0. The monoisotopic (exact) mass is 526 g/mol. The number of carbonyl (C=O) groups is 4. The average molecular weight is 527 g/mol. The van der Waals surface area contributed by atoms with Gasteiger partial charge in [0.1, 0.15) is 24.9 Å².